The van der Waals surface area contributed by atoms with E-state index in [1.54, 1.807) is 6.92 Å². The Morgan fingerprint density at radius 2 is 1.95 bits per heavy atom. The van der Waals surface area contributed by atoms with Gasteiger partial charge in [0.1, 0.15) is 6.10 Å². The first-order valence-corrected chi connectivity index (χ1v) is 7.80. The van der Waals surface area contributed by atoms with E-state index >= 15 is 0 Å². The number of nitrogens with zero attached hydrogens (tertiary/aromatic N) is 1. The van der Waals surface area contributed by atoms with Crippen molar-refractivity contribution in [2.24, 2.45) is 0 Å². The van der Waals surface area contributed by atoms with Gasteiger partial charge in [-0.2, -0.15) is 0 Å². The van der Waals surface area contributed by atoms with E-state index in [9.17, 15) is 9.59 Å². The van der Waals surface area contributed by atoms with E-state index in [2.05, 4.69) is 0 Å². The maximum atomic E-state index is 12.6. The molecule has 5 nitrogen and oxygen atoms in total. The second kappa shape index (κ2) is 7.62. The van der Waals surface area contributed by atoms with Crippen molar-refractivity contribution in [1.29, 1.82) is 0 Å². The maximum absolute atomic E-state index is 12.6. The maximum Gasteiger partial charge on any atom is 0.307 e. The van der Waals surface area contributed by atoms with Crippen molar-refractivity contribution >= 4 is 11.9 Å². The zero-order chi connectivity index (χ0) is 14.4. The van der Waals surface area contributed by atoms with Gasteiger partial charge in [0.2, 0.25) is 0 Å². The summed E-state index contributed by atoms with van der Waals surface area (Å²) < 4.78 is 10.5. The van der Waals surface area contributed by atoms with Gasteiger partial charge >= 0.3 is 5.97 Å². The molecule has 0 radical (unpaired) electrons. The number of rotatable bonds is 6. The molecule has 2 aliphatic rings. The Morgan fingerprint density at radius 3 is 2.55 bits per heavy atom. The molecule has 1 aliphatic heterocycles. The number of esters is 1. The summed E-state index contributed by atoms with van der Waals surface area (Å²) >= 11 is 0. The standard InChI is InChI=1S/C15H25NO4/c1-2-19-14(17)9-10-16(12-6-3-4-7-12)15(18)13-8-5-11-20-13/h12-13H,2-11H2,1H3. The molecule has 1 atom stereocenters. The van der Waals surface area contributed by atoms with Crippen molar-refractivity contribution in [3.05, 3.63) is 0 Å². The van der Waals surface area contributed by atoms with Gasteiger partial charge in [0, 0.05) is 19.2 Å². The monoisotopic (exact) mass is 283 g/mol. The van der Waals surface area contributed by atoms with Gasteiger partial charge < -0.3 is 14.4 Å². The zero-order valence-corrected chi connectivity index (χ0v) is 12.3. The topological polar surface area (TPSA) is 55.8 Å². The second-order valence-electron chi connectivity index (χ2n) is 5.53. The van der Waals surface area contributed by atoms with Gasteiger partial charge in [-0.25, -0.2) is 0 Å². The average Bonchev–Trinajstić information content (AvgIpc) is 3.12. The van der Waals surface area contributed by atoms with Crippen LogP contribution in [0.15, 0.2) is 0 Å². The molecular formula is C15H25NO4. The highest BCUT2D eigenvalue weighted by molar-refractivity contribution is 5.82. The summed E-state index contributed by atoms with van der Waals surface area (Å²) in [6.45, 7) is 3.32. The van der Waals surface area contributed by atoms with Crippen molar-refractivity contribution in [1.82, 2.24) is 4.90 Å². The third-order valence-corrected chi connectivity index (χ3v) is 4.12. The van der Waals surface area contributed by atoms with E-state index in [1.165, 1.54) is 12.8 Å². The van der Waals surface area contributed by atoms with Crippen LogP contribution < -0.4 is 0 Å². The van der Waals surface area contributed by atoms with Gasteiger partial charge in [0.15, 0.2) is 0 Å². The summed E-state index contributed by atoms with van der Waals surface area (Å²) in [4.78, 5) is 25.9. The molecule has 0 aromatic heterocycles. The Labute approximate surface area is 120 Å². The van der Waals surface area contributed by atoms with E-state index in [0.29, 0.717) is 19.8 Å². The predicted molar refractivity (Wildman–Crippen MR) is 74.2 cm³/mol. The molecule has 1 heterocycles. The number of carbonyl (C=O) groups is 2. The van der Waals surface area contributed by atoms with E-state index in [1.807, 2.05) is 4.90 Å². The lowest BCUT2D eigenvalue weighted by Gasteiger charge is -2.30. The van der Waals surface area contributed by atoms with Crippen LogP contribution in [-0.2, 0) is 19.1 Å². The second-order valence-corrected chi connectivity index (χ2v) is 5.53. The molecule has 2 fully saturated rings. The molecule has 114 valence electrons. The van der Waals surface area contributed by atoms with Gasteiger partial charge in [-0.15, -0.1) is 0 Å². The Hall–Kier alpha value is -1.10. The van der Waals surface area contributed by atoms with Crippen LogP contribution in [0.5, 0.6) is 0 Å². The summed E-state index contributed by atoms with van der Waals surface area (Å²) in [6, 6.07) is 0.279. The lowest BCUT2D eigenvalue weighted by atomic mass is 10.1. The Bertz CT molecular complexity index is 333. The van der Waals surface area contributed by atoms with Crippen LogP contribution in [-0.4, -0.2) is 48.7 Å². The number of amides is 1. The van der Waals surface area contributed by atoms with Gasteiger partial charge in [0.05, 0.1) is 13.0 Å². The molecular weight excluding hydrogens is 258 g/mol. The SMILES string of the molecule is CCOC(=O)CCN(C(=O)C1CCCO1)C1CCCC1. The highest BCUT2D eigenvalue weighted by Crippen LogP contribution is 2.26. The predicted octanol–water partition coefficient (Wildman–Crippen LogP) is 1.89. The molecule has 20 heavy (non-hydrogen) atoms. The van der Waals surface area contributed by atoms with Crippen LogP contribution in [0, 0.1) is 0 Å². The third kappa shape index (κ3) is 3.95. The number of carbonyl (C=O) groups excluding carboxylic acids is 2. The lowest BCUT2D eigenvalue weighted by molar-refractivity contribution is -0.147. The molecule has 1 amide bonds. The molecule has 0 N–H and O–H groups in total. The molecule has 1 saturated heterocycles. The zero-order valence-electron chi connectivity index (χ0n) is 12.3. The van der Waals surface area contributed by atoms with Crippen molar-refractivity contribution in [2.45, 2.75) is 64.0 Å². The van der Waals surface area contributed by atoms with Crippen LogP contribution in [0.25, 0.3) is 0 Å². The number of hydrogen-bond acceptors (Lipinski definition) is 4. The Balaban J connectivity index is 1.92. The molecule has 1 aliphatic carbocycles. The fraction of sp³-hybridized carbons (Fsp3) is 0.867. The van der Waals surface area contributed by atoms with Crippen molar-refractivity contribution in [3.8, 4) is 0 Å². The molecule has 0 spiro atoms. The Morgan fingerprint density at radius 1 is 1.20 bits per heavy atom. The number of hydrogen-bond donors (Lipinski definition) is 0. The van der Waals surface area contributed by atoms with E-state index in [4.69, 9.17) is 9.47 Å². The van der Waals surface area contributed by atoms with Crippen molar-refractivity contribution < 1.29 is 19.1 Å². The first-order valence-electron chi connectivity index (χ1n) is 7.80. The van der Waals surface area contributed by atoms with Crippen molar-refractivity contribution in [3.63, 3.8) is 0 Å². The van der Waals surface area contributed by atoms with Crippen LogP contribution in [0.1, 0.15) is 51.9 Å². The minimum atomic E-state index is -0.294. The average molecular weight is 283 g/mol. The minimum Gasteiger partial charge on any atom is -0.466 e. The van der Waals surface area contributed by atoms with Gasteiger partial charge in [-0.05, 0) is 32.6 Å². The molecule has 5 heteroatoms. The summed E-state index contributed by atoms with van der Waals surface area (Å²) in [5.74, 6) is -0.158. The van der Waals surface area contributed by atoms with Gasteiger partial charge in [-0.1, -0.05) is 12.8 Å². The molecule has 0 aromatic rings. The van der Waals surface area contributed by atoms with Crippen LogP contribution in [0.2, 0.25) is 0 Å². The summed E-state index contributed by atoms with van der Waals surface area (Å²) in [5, 5.41) is 0. The first-order chi connectivity index (χ1) is 9.72. The molecule has 0 aromatic carbocycles. The fourth-order valence-corrected chi connectivity index (χ4v) is 3.09. The van der Waals surface area contributed by atoms with E-state index in [0.717, 1.165) is 25.7 Å². The number of ether oxygens (including phenoxy) is 2. The van der Waals surface area contributed by atoms with Crippen molar-refractivity contribution in [2.75, 3.05) is 19.8 Å². The van der Waals surface area contributed by atoms with Gasteiger partial charge in [-0.3, -0.25) is 9.59 Å². The molecule has 0 bridgehead atoms. The quantitative estimate of drug-likeness (QED) is 0.699. The van der Waals surface area contributed by atoms with Gasteiger partial charge in [0.25, 0.3) is 5.91 Å². The minimum absolute atomic E-state index is 0.0682. The summed E-state index contributed by atoms with van der Waals surface area (Å²) in [5.41, 5.74) is 0. The Kier molecular flexibility index (Phi) is 5.83. The molecule has 1 unspecified atom stereocenters. The highest BCUT2D eigenvalue weighted by Gasteiger charge is 2.33. The normalized spacial score (nSPS) is 22.9. The largest absolute Gasteiger partial charge is 0.466 e. The fourth-order valence-electron chi connectivity index (χ4n) is 3.09. The van der Waals surface area contributed by atoms with Crippen LogP contribution in [0.4, 0.5) is 0 Å². The third-order valence-electron chi connectivity index (χ3n) is 4.12. The van der Waals surface area contributed by atoms with E-state index in [-0.39, 0.29) is 30.4 Å². The van der Waals surface area contributed by atoms with Crippen LogP contribution >= 0.6 is 0 Å². The van der Waals surface area contributed by atoms with Crippen LogP contribution in [0.3, 0.4) is 0 Å². The summed E-state index contributed by atoms with van der Waals surface area (Å²) in [7, 11) is 0. The summed E-state index contributed by atoms with van der Waals surface area (Å²) in [6.07, 6.45) is 6.16. The van der Waals surface area contributed by atoms with E-state index < -0.39 is 0 Å². The molecule has 2 rings (SSSR count). The highest BCUT2D eigenvalue weighted by atomic mass is 16.5. The molecule has 1 saturated carbocycles. The first kappa shape index (κ1) is 15.3. The lowest BCUT2D eigenvalue weighted by Crippen LogP contribution is -2.45. The smallest absolute Gasteiger partial charge is 0.307 e.